The van der Waals surface area contributed by atoms with Crippen LogP contribution in [0.3, 0.4) is 0 Å². The van der Waals surface area contributed by atoms with Gasteiger partial charge < -0.3 is 9.80 Å². The van der Waals surface area contributed by atoms with Crippen molar-refractivity contribution in [1.82, 2.24) is 14.9 Å². The Hall–Kier alpha value is -1.47. The van der Waals surface area contributed by atoms with Crippen LogP contribution in [0.25, 0.3) is 0 Å². The van der Waals surface area contributed by atoms with Gasteiger partial charge in [0.15, 0.2) is 11.6 Å². The molecular weight excluding hydrogens is 235 g/mol. The molecule has 1 aliphatic rings. The number of nitrogens with one attached hydrogen (secondary N) is 1. The maximum atomic E-state index is 13.8. The molecule has 1 fully saturated rings. The Morgan fingerprint density at radius 1 is 1.61 bits per heavy atom. The summed E-state index contributed by atoms with van der Waals surface area (Å²) >= 11 is 0. The van der Waals surface area contributed by atoms with Crippen LogP contribution in [0.5, 0.6) is 0 Å². The molecule has 0 spiro atoms. The first-order valence-corrected chi connectivity index (χ1v) is 6.02. The van der Waals surface area contributed by atoms with Gasteiger partial charge in [-0.3, -0.25) is 5.43 Å². The number of rotatable bonds is 4. The second kappa shape index (κ2) is 5.45. The van der Waals surface area contributed by atoms with Gasteiger partial charge >= 0.3 is 0 Å². The van der Waals surface area contributed by atoms with Gasteiger partial charge in [0.05, 0.1) is 6.20 Å². The van der Waals surface area contributed by atoms with Crippen molar-refractivity contribution < 1.29 is 4.39 Å². The summed E-state index contributed by atoms with van der Waals surface area (Å²) in [6, 6.07) is 0.287. The molecule has 0 bridgehead atoms. The van der Waals surface area contributed by atoms with E-state index in [4.69, 9.17) is 5.84 Å². The molecular formula is C11H19FN6. The van der Waals surface area contributed by atoms with Gasteiger partial charge in [-0.25, -0.2) is 15.2 Å². The quantitative estimate of drug-likeness (QED) is 0.600. The van der Waals surface area contributed by atoms with E-state index in [9.17, 15) is 4.39 Å². The van der Waals surface area contributed by atoms with Crippen LogP contribution in [0, 0.1) is 5.82 Å². The minimum atomic E-state index is -0.403. The van der Waals surface area contributed by atoms with Crippen molar-refractivity contribution in [2.24, 2.45) is 5.84 Å². The molecule has 0 radical (unpaired) electrons. The molecule has 1 aliphatic heterocycles. The summed E-state index contributed by atoms with van der Waals surface area (Å²) in [7, 11) is 4.03. The second-order valence-electron chi connectivity index (χ2n) is 4.76. The Labute approximate surface area is 106 Å². The van der Waals surface area contributed by atoms with Gasteiger partial charge in [-0.1, -0.05) is 0 Å². The zero-order chi connectivity index (χ0) is 13.1. The Kier molecular flexibility index (Phi) is 3.93. The van der Waals surface area contributed by atoms with Gasteiger partial charge in [-0.15, -0.1) is 0 Å². The molecule has 18 heavy (non-hydrogen) atoms. The average Bonchev–Trinajstić information content (AvgIpc) is 2.77. The van der Waals surface area contributed by atoms with Crippen molar-refractivity contribution in [3.05, 3.63) is 12.0 Å². The number of likely N-dealkylation sites (N-methyl/N-ethyl adjacent to an activating group) is 1. The first-order chi connectivity index (χ1) is 8.61. The molecule has 7 heteroatoms. The highest BCUT2D eigenvalue weighted by Gasteiger charge is 2.28. The molecule has 0 aromatic carbocycles. The largest absolute Gasteiger partial charge is 0.350 e. The van der Waals surface area contributed by atoms with E-state index in [1.165, 1.54) is 0 Å². The molecule has 2 rings (SSSR count). The van der Waals surface area contributed by atoms with E-state index in [0.717, 1.165) is 32.1 Å². The first kappa shape index (κ1) is 13.0. The molecule has 1 aromatic rings. The number of aromatic nitrogens is 2. The average molecular weight is 254 g/mol. The van der Waals surface area contributed by atoms with Crippen molar-refractivity contribution in [1.29, 1.82) is 0 Å². The highest BCUT2D eigenvalue weighted by molar-refractivity contribution is 5.45. The second-order valence-corrected chi connectivity index (χ2v) is 4.76. The van der Waals surface area contributed by atoms with Crippen LogP contribution in [0.15, 0.2) is 6.20 Å². The summed E-state index contributed by atoms with van der Waals surface area (Å²) in [4.78, 5) is 12.0. The molecule has 0 saturated carbocycles. The lowest BCUT2D eigenvalue weighted by Gasteiger charge is -2.28. The lowest BCUT2D eigenvalue weighted by molar-refractivity contribution is 0.370. The zero-order valence-corrected chi connectivity index (χ0v) is 10.7. The fourth-order valence-corrected chi connectivity index (χ4v) is 2.35. The topological polar surface area (TPSA) is 70.3 Å². The third-order valence-electron chi connectivity index (χ3n) is 3.08. The number of nitrogens with zero attached hydrogens (tertiary/aromatic N) is 4. The minimum absolute atomic E-state index is 0.238. The van der Waals surface area contributed by atoms with Gasteiger partial charge in [-0.2, -0.15) is 4.98 Å². The maximum absolute atomic E-state index is 13.8. The Morgan fingerprint density at radius 3 is 3.06 bits per heavy atom. The Bertz CT molecular complexity index is 411. The highest BCUT2D eigenvalue weighted by Crippen LogP contribution is 2.26. The van der Waals surface area contributed by atoms with Crippen LogP contribution in [-0.2, 0) is 0 Å². The summed E-state index contributed by atoms with van der Waals surface area (Å²) in [5, 5.41) is 0. The Morgan fingerprint density at radius 2 is 2.39 bits per heavy atom. The molecule has 1 unspecified atom stereocenters. The van der Waals surface area contributed by atoms with E-state index < -0.39 is 5.82 Å². The fraction of sp³-hybridized carbons (Fsp3) is 0.636. The molecule has 0 amide bonds. The number of hydrogen-bond acceptors (Lipinski definition) is 6. The Balaban J connectivity index is 2.23. The van der Waals surface area contributed by atoms with E-state index in [2.05, 4.69) is 20.3 Å². The van der Waals surface area contributed by atoms with Gasteiger partial charge in [0.1, 0.15) is 0 Å². The molecule has 3 N–H and O–H groups in total. The smallest absolute Gasteiger partial charge is 0.239 e. The molecule has 0 aliphatic carbocycles. The summed E-state index contributed by atoms with van der Waals surface area (Å²) in [6.07, 6.45) is 3.25. The lowest BCUT2D eigenvalue weighted by Crippen LogP contribution is -2.38. The molecule has 2 heterocycles. The number of halogens is 1. The molecule has 1 saturated heterocycles. The van der Waals surface area contributed by atoms with Crippen molar-refractivity contribution in [2.75, 3.05) is 37.5 Å². The van der Waals surface area contributed by atoms with Crippen LogP contribution in [0.2, 0.25) is 0 Å². The molecule has 100 valence electrons. The van der Waals surface area contributed by atoms with Crippen molar-refractivity contribution in [3.8, 4) is 0 Å². The maximum Gasteiger partial charge on any atom is 0.239 e. The van der Waals surface area contributed by atoms with Crippen molar-refractivity contribution >= 4 is 11.8 Å². The van der Waals surface area contributed by atoms with E-state index in [-0.39, 0.29) is 12.0 Å². The summed E-state index contributed by atoms with van der Waals surface area (Å²) < 4.78 is 13.8. The fourth-order valence-electron chi connectivity index (χ4n) is 2.35. The molecule has 1 aromatic heterocycles. The van der Waals surface area contributed by atoms with E-state index in [0.29, 0.717) is 5.82 Å². The minimum Gasteiger partial charge on any atom is -0.350 e. The monoisotopic (exact) mass is 254 g/mol. The van der Waals surface area contributed by atoms with Gasteiger partial charge in [0.25, 0.3) is 0 Å². The van der Waals surface area contributed by atoms with Gasteiger partial charge in [-0.05, 0) is 26.9 Å². The number of hydrogen-bond donors (Lipinski definition) is 2. The van der Waals surface area contributed by atoms with E-state index in [1.807, 2.05) is 19.0 Å². The predicted octanol–water partition coefficient (Wildman–Crippen LogP) is 0.432. The number of hydrazine groups is 1. The SMILES string of the molecule is CN(C)CC1CCCN1c1nc(NN)ncc1F. The van der Waals surface area contributed by atoms with Crippen LogP contribution in [-0.4, -0.2) is 48.1 Å². The zero-order valence-electron chi connectivity index (χ0n) is 10.7. The van der Waals surface area contributed by atoms with Crippen LogP contribution < -0.4 is 16.2 Å². The number of nitrogen functional groups attached to an aromatic ring is 1. The molecule has 6 nitrogen and oxygen atoms in total. The number of anilines is 2. The highest BCUT2D eigenvalue weighted by atomic mass is 19.1. The molecule has 1 atom stereocenters. The van der Waals surface area contributed by atoms with Crippen LogP contribution >= 0.6 is 0 Å². The number of nitrogens with two attached hydrogens (primary N) is 1. The normalized spacial score (nSPS) is 19.6. The lowest BCUT2D eigenvalue weighted by atomic mass is 10.2. The van der Waals surface area contributed by atoms with E-state index >= 15 is 0 Å². The summed E-state index contributed by atoms with van der Waals surface area (Å²) in [6.45, 7) is 1.70. The van der Waals surface area contributed by atoms with Gasteiger partial charge in [0, 0.05) is 19.1 Å². The van der Waals surface area contributed by atoms with Crippen molar-refractivity contribution in [3.63, 3.8) is 0 Å². The van der Waals surface area contributed by atoms with Crippen LogP contribution in [0.1, 0.15) is 12.8 Å². The third kappa shape index (κ3) is 2.68. The van der Waals surface area contributed by atoms with Crippen molar-refractivity contribution in [2.45, 2.75) is 18.9 Å². The summed E-state index contributed by atoms with van der Waals surface area (Å²) in [5.41, 5.74) is 2.35. The van der Waals surface area contributed by atoms with Gasteiger partial charge in [0.2, 0.25) is 5.95 Å². The van der Waals surface area contributed by atoms with Crippen LogP contribution in [0.4, 0.5) is 16.2 Å². The summed E-state index contributed by atoms with van der Waals surface area (Å²) in [5.74, 6) is 5.43. The third-order valence-corrected chi connectivity index (χ3v) is 3.08. The predicted molar refractivity (Wildman–Crippen MR) is 68.7 cm³/mol. The standard InChI is InChI=1S/C11H19FN6/c1-17(2)7-8-4-3-5-18(8)10-9(12)6-14-11(15-10)16-13/h6,8H,3-5,7,13H2,1-2H3,(H,14,15,16). The first-order valence-electron chi connectivity index (χ1n) is 6.02. The van der Waals surface area contributed by atoms with E-state index in [1.54, 1.807) is 0 Å².